The van der Waals surface area contributed by atoms with Crippen LogP contribution in [0.15, 0.2) is 54.7 Å². The van der Waals surface area contributed by atoms with E-state index in [0.29, 0.717) is 30.3 Å². The van der Waals surface area contributed by atoms with Crippen LogP contribution in [0.3, 0.4) is 0 Å². The highest BCUT2D eigenvalue weighted by molar-refractivity contribution is 5.61. The van der Waals surface area contributed by atoms with Crippen molar-refractivity contribution in [3.8, 4) is 0 Å². The van der Waals surface area contributed by atoms with Crippen LogP contribution >= 0.6 is 0 Å². The van der Waals surface area contributed by atoms with Gasteiger partial charge in [-0.25, -0.2) is 4.39 Å². The van der Waals surface area contributed by atoms with Crippen LogP contribution < -0.4 is 15.5 Å². The van der Waals surface area contributed by atoms with Crippen LogP contribution in [-0.2, 0) is 6.42 Å². The van der Waals surface area contributed by atoms with E-state index in [0.717, 1.165) is 18.8 Å². The average Bonchev–Trinajstić information content (AvgIpc) is 3.25. The van der Waals surface area contributed by atoms with Gasteiger partial charge in [-0.15, -0.1) is 5.10 Å². The van der Waals surface area contributed by atoms with Gasteiger partial charge in [0.2, 0.25) is 5.95 Å². The number of anilines is 4. The summed E-state index contributed by atoms with van der Waals surface area (Å²) in [7, 11) is 0. The Morgan fingerprint density at radius 2 is 1.79 bits per heavy atom. The minimum Gasteiger partial charge on any atom is -0.372 e. The fraction of sp³-hybridized carbons (Fsp3) is 0.286. The van der Waals surface area contributed by atoms with Gasteiger partial charge in [-0.2, -0.15) is 10.1 Å². The van der Waals surface area contributed by atoms with Gasteiger partial charge in [0, 0.05) is 31.0 Å². The highest BCUT2D eigenvalue weighted by Crippen LogP contribution is 2.23. The molecule has 7 heteroatoms. The van der Waals surface area contributed by atoms with E-state index < -0.39 is 0 Å². The van der Waals surface area contributed by atoms with Gasteiger partial charge in [0.05, 0.1) is 6.20 Å². The first-order chi connectivity index (χ1) is 13.8. The number of aromatic nitrogens is 3. The predicted molar refractivity (Wildman–Crippen MR) is 110 cm³/mol. The third kappa shape index (κ3) is 4.54. The van der Waals surface area contributed by atoms with Crippen LogP contribution in [0.2, 0.25) is 0 Å². The summed E-state index contributed by atoms with van der Waals surface area (Å²) in [5.74, 6) is 0.823. The van der Waals surface area contributed by atoms with E-state index in [4.69, 9.17) is 0 Å². The number of benzene rings is 2. The molecule has 0 radical (unpaired) electrons. The van der Waals surface area contributed by atoms with E-state index in [1.54, 1.807) is 18.3 Å². The molecule has 0 aliphatic carbocycles. The fourth-order valence-electron chi connectivity index (χ4n) is 3.33. The molecule has 0 unspecified atom stereocenters. The quantitative estimate of drug-likeness (QED) is 0.648. The topological polar surface area (TPSA) is 66.0 Å². The normalized spacial score (nSPS) is 13.5. The van der Waals surface area contributed by atoms with Gasteiger partial charge in [-0.05, 0) is 55.2 Å². The highest BCUT2D eigenvalue weighted by atomic mass is 19.1. The van der Waals surface area contributed by atoms with Crippen molar-refractivity contribution in [3.05, 3.63) is 66.1 Å². The van der Waals surface area contributed by atoms with E-state index >= 15 is 0 Å². The van der Waals surface area contributed by atoms with Crippen LogP contribution in [0.5, 0.6) is 0 Å². The van der Waals surface area contributed by atoms with Gasteiger partial charge in [0.25, 0.3) is 0 Å². The Hall–Kier alpha value is -3.22. The molecule has 2 aromatic carbocycles. The minimum absolute atomic E-state index is 0.198. The Labute approximate surface area is 163 Å². The van der Waals surface area contributed by atoms with E-state index in [1.165, 1.54) is 24.6 Å². The molecular formula is C21H23FN6. The molecule has 1 aliphatic rings. The van der Waals surface area contributed by atoms with E-state index in [-0.39, 0.29) is 5.82 Å². The van der Waals surface area contributed by atoms with Gasteiger partial charge in [-0.3, -0.25) is 0 Å². The lowest BCUT2D eigenvalue weighted by Crippen LogP contribution is -2.17. The van der Waals surface area contributed by atoms with Crippen molar-refractivity contribution in [3.63, 3.8) is 0 Å². The summed E-state index contributed by atoms with van der Waals surface area (Å²) in [5, 5.41) is 14.3. The maximum atomic E-state index is 13.7. The molecule has 1 aromatic heterocycles. The van der Waals surface area contributed by atoms with Crippen LogP contribution in [0.25, 0.3) is 0 Å². The molecule has 28 heavy (non-hydrogen) atoms. The molecule has 0 amide bonds. The van der Waals surface area contributed by atoms with Crippen molar-refractivity contribution < 1.29 is 4.39 Å². The molecule has 144 valence electrons. The first-order valence-electron chi connectivity index (χ1n) is 9.57. The standard InChI is InChI=1S/C21H23FN6/c22-19-6-2-1-5-16(19)11-12-23-21-26-20(15-24-27-21)25-17-7-9-18(10-8-17)28-13-3-4-14-28/h1-2,5-10,15H,3-4,11-14H2,(H2,23,25,26,27). The van der Waals surface area contributed by atoms with Crippen molar-refractivity contribution >= 4 is 23.1 Å². The third-order valence-corrected chi connectivity index (χ3v) is 4.81. The van der Waals surface area contributed by atoms with Crippen LogP contribution in [0.4, 0.5) is 27.5 Å². The largest absolute Gasteiger partial charge is 0.372 e. The molecule has 0 saturated carbocycles. The molecule has 2 N–H and O–H groups in total. The number of rotatable bonds is 7. The second-order valence-electron chi connectivity index (χ2n) is 6.80. The SMILES string of the molecule is Fc1ccccc1CCNc1nncc(Nc2ccc(N3CCCC3)cc2)n1. The summed E-state index contributed by atoms with van der Waals surface area (Å²) in [6.07, 6.45) is 4.65. The van der Waals surface area contributed by atoms with Gasteiger partial charge in [0.15, 0.2) is 5.82 Å². The summed E-state index contributed by atoms with van der Waals surface area (Å²) in [5.41, 5.74) is 2.86. The van der Waals surface area contributed by atoms with Crippen molar-refractivity contribution in [2.24, 2.45) is 0 Å². The van der Waals surface area contributed by atoms with Crippen LogP contribution in [0, 0.1) is 5.82 Å². The molecule has 2 heterocycles. The zero-order valence-corrected chi connectivity index (χ0v) is 15.6. The molecule has 0 atom stereocenters. The lowest BCUT2D eigenvalue weighted by atomic mass is 10.1. The molecule has 6 nitrogen and oxygen atoms in total. The first-order valence-corrected chi connectivity index (χ1v) is 9.57. The molecular weight excluding hydrogens is 355 g/mol. The summed E-state index contributed by atoms with van der Waals surface area (Å²) in [6, 6.07) is 15.1. The van der Waals surface area contributed by atoms with Crippen molar-refractivity contribution in [1.82, 2.24) is 15.2 Å². The molecule has 0 bridgehead atoms. The van der Waals surface area contributed by atoms with Crippen LogP contribution in [0.1, 0.15) is 18.4 Å². The van der Waals surface area contributed by atoms with E-state index in [1.807, 2.05) is 18.2 Å². The molecule has 4 rings (SSSR count). The Bertz CT molecular complexity index is 909. The first kappa shape index (κ1) is 18.2. The third-order valence-electron chi connectivity index (χ3n) is 4.81. The molecule has 3 aromatic rings. The minimum atomic E-state index is -0.198. The van der Waals surface area contributed by atoms with E-state index in [2.05, 4.69) is 42.8 Å². The van der Waals surface area contributed by atoms with E-state index in [9.17, 15) is 4.39 Å². The smallest absolute Gasteiger partial charge is 0.244 e. The zero-order chi connectivity index (χ0) is 19.2. The van der Waals surface area contributed by atoms with Gasteiger partial charge in [-0.1, -0.05) is 18.2 Å². The lowest BCUT2D eigenvalue weighted by molar-refractivity contribution is 0.610. The Kier molecular flexibility index (Phi) is 5.61. The monoisotopic (exact) mass is 378 g/mol. The molecule has 1 aliphatic heterocycles. The highest BCUT2D eigenvalue weighted by Gasteiger charge is 2.12. The van der Waals surface area contributed by atoms with Crippen molar-refractivity contribution in [2.75, 3.05) is 35.2 Å². The fourth-order valence-corrected chi connectivity index (χ4v) is 3.33. The van der Waals surface area contributed by atoms with Crippen molar-refractivity contribution in [2.45, 2.75) is 19.3 Å². The Morgan fingerprint density at radius 3 is 2.57 bits per heavy atom. The predicted octanol–water partition coefficient (Wildman–Crippen LogP) is 4.01. The number of nitrogens with one attached hydrogen (secondary N) is 2. The summed E-state index contributed by atoms with van der Waals surface area (Å²) in [6.45, 7) is 2.78. The summed E-state index contributed by atoms with van der Waals surface area (Å²) < 4.78 is 13.7. The lowest BCUT2D eigenvalue weighted by Gasteiger charge is -2.17. The average molecular weight is 378 g/mol. The van der Waals surface area contributed by atoms with Gasteiger partial charge < -0.3 is 15.5 Å². The number of halogens is 1. The second-order valence-corrected chi connectivity index (χ2v) is 6.80. The zero-order valence-electron chi connectivity index (χ0n) is 15.6. The molecule has 1 fully saturated rings. The maximum absolute atomic E-state index is 13.7. The molecule has 1 saturated heterocycles. The van der Waals surface area contributed by atoms with Crippen molar-refractivity contribution in [1.29, 1.82) is 0 Å². The number of hydrogen-bond acceptors (Lipinski definition) is 6. The van der Waals surface area contributed by atoms with Gasteiger partial charge in [0.1, 0.15) is 5.82 Å². The molecule has 0 spiro atoms. The number of hydrogen-bond donors (Lipinski definition) is 2. The van der Waals surface area contributed by atoms with Gasteiger partial charge >= 0.3 is 0 Å². The maximum Gasteiger partial charge on any atom is 0.244 e. The number of nitrogens with zero attached hydrogens (tertiary/aromatic N) is 4. The summed E-state index contributed by atoms with van der Waals surface area (Å²) >= 11 is 0. The summed E-state index contributed by atoms with van der Waals surface area (Å²) in [4.78, 5) is 6.82. The van der Waals surface area contributed by atoms with Crippen LogP contribution in [-0.4, -0.2) is 34.8 Å². The Balaban J connectivity index is 1.33. The second kappa shape index (κ2) is 8.65. The Morgan fingerprint density at radius 1 is 1.00 bits per heavy atom.